The smallest absolute Gasteiger partial charge is 0.0605 e. The predicted octanol–water partition coefficient (Wildman–Crippen LogP) is 4.64. The van der Waals surface area contributed by atoms with E-state index in [4.69, 9.17) is 11.6 Å². The van der Waals surface area contributed by atoms with Crippen LogP contribution in [0.4, 0.5) is 0 Å². The molecule has 1 aromatic carbocycles. The summed E-state index contributed by atoms with van der Waals surface area (Å²) in [5.41, 5.74) is 4.87. The van der Waals surface area contributed by atoms with Gasteiger partial charge in [0.2, 0.25) is 0 Å². The van der Waals surface area contributed by atoms with E-state index in [1.165, 1.54) is 16.7 Å². The Hall–Kier alpha value is -1.38. The van der Waals surface area contributed by atoms with Crippen molar-refractivity contribution in [2.75, 3.05) is 6.54 Å². The van der Waals surface area contributed by atoms with Gasteiger partial charge in [-0.05, 0) is 62.1 Å². The SMILES string of the molecule is CCCNC(Cc1ccc(Cl)cc1)c1ncc(C)cc1C. The van der Waals surface area contributed by atoms with E-state index >= 15 is 0 Å². The van der Waals surface area contributed by atoms with Crippen molar-refractivity contribution in [1.29, 1.82) is 0 Å². The highest BCUT2D eigenvalue weighted by molar-refractivity contribution is 6.30. The highest BCUT2D eigenvalue weighted by Crippen LogP contribution is 2.21. The van der Waals surface area contributed by atoms with E-state index < -0.39 is 0 Å². The van der Waals surface area contributed by atoms with Gasteiger partial charge in [0.05, 0.1) is 11.7 Å². The summed E-state index contributed by atoms with van der Waals surface area (Å²) < 4.78 is 0. The Morgan fingerprint density at radius 1 is 1.19 bits per heavy atom. The number of halogens is 1. The Balaban J connectivity index is 2.22. The summed E-state index contributed by atoms with van der Waals surface area (Å²) in [7, 11) is 0. The molecule has 1 heterocycles. The first-order chi connectivity index (χ1) is 10.1. The standard InChI is InChI=1S/C18H23ClN2/c1-4-9-20-17(11-15-5-7-16(19)8-6-15)18-14(3)10-13(2)12-21-18/h5-8,10,12,17,20H,4,9,11H2,1-3H3. The lowest BCUT2D eigenvalue weighted by atomic mass is 9.99. The number of nitrogens with zero attached hydrogens (tertiary/aromatic N) is 1. The predicted molar refractivity (Wildman–Crippen MR) is 89.9 cm³/mol. The summed E-state index contributed by atoms with van der Waals surface area (Å²) in [5, 5.41) is 4.39. The molecule has 0 bridgehead atoms. The van der Waals surface area contributed by atoms with Crippen molar-refractivity contribution >= 4 is 11.6 Å². The number of aryl methyl sites for hydroxylation is 2. The molecule has 0 saturated carbocycles. The molecule has 1 unspecified atom stereocenters. The first kappa shape index (κ1) is 16.0. The third-order valence-corrected chi connectivity index (χ3v) is 3.83. The molecule has 0 aliphatic carbocycles. The van der Waals surface area contributed by atoms with Gasteiger partial charge in [0.1, 0.15) is 0 Å². The molecule has 2 rings (SSSR count). The van der Waals surface area contributed by atoms with Crippen molar-refractivity contribution in [3.63, 3.8) is 0 Å². The normalized spacial score (nSPS) is 12.4. The Kier molecular flexibility index (Phi) is 5.77. The van der Waals surface area contributed by atoms with Gasteiger partial charge < -0.3 is 5.32 Å². The van der Waals surface area contributed by atoms with E-state index in [1.54, 1.807) is 0 Å². The molecule has 112 valence electrons. The minimum absolute atomic E-state index is 0.242. The Bertz CT molecular complexity index is 578. The average Bonchev–Trinajstić information content (AvgIpc) is 2.46. The first-order valence-electron chi connectivity index (χ1n) is 7.51. The second-order valence-corrected chi connectivity index (χ2v) is 5.99. The molecule has 21 heavy (non-hydrogen) atoms. The molecular formula is C18H23ClN2. The van der Waals surface area contributed by atoms with Crippen LogP contribution in [-0.4, -0.2) is 11.5 Å². The first-order valence-corrected chi connectivity index (χ1v) is 7.89. The van der Waals surface area contributed by atoms with Crippen LogP contribution in [-0.2, 0) is 6.42 Å². The van der Waals surface area contributed by atoms with Crippen molar-refractivity contribution in [2.45, 2.75) is 39.7 Å². The monoisotopic (exact) mass is 302 g/mol. The number of aromatic nitrogens is 1. The Morgan fingerprint density at radius 2 is 1.90 bits per heavy atom. The van der Waals surface area contributed by atoms with Crippen molar-refractivity contribution in [3.05, 3.63) is 63.9 Å². The number of hydrogen-bond acceptors (Lipinski definition) is 2. The van der Waals surface area contributed by atoms with Gasteiger partial charge in [0.25, 0.3) is 0 Å². The van der Waals surface area contributed by atoms with Crippen LogP contribution < -0.4 is 5.32 Å². The molecule has 0 fully saturated rings. The summed E-state index contributed by atoms with van der Waals surface area (Å²) in [5.74, 6) is 0. The van der Waals surface area contributed by atoms with Crippen LogP contribution in [0.25, 0.3) is 0 Å². The number of rotatable bonds is 6. The third-order valence-electron chi connectivity index (χ3n) is 3.58. The van der Waals surface area contributed by atoms with Gasteiger partial charge in [-0.15, -0.1) is 0 Å². The lowest BCUT2D eigenvalue weighted by molar-refractivity contribution is 0.515. The molecule has 2 aromatic rings. The largest absolute Gasteiger partial charge is 0.308 e. The summed E-state index contributed by atoms with van der Waals surface area (Å²) in [6, 6.07) is 10.5. The average molecular weight is 303 g/mol. The topological polar surface area (TPSA) is 24.9 Å². The van der Waals surface area contributed by atoms with Crippen molar-refractivity contribution in [2.24, 2.45) is 0 Å². The molecule has 1 atom stereocenters. The highest BCUT2D eigenvalue weighted by atomic mass is 35.5. The molecular weight excluding hydrogens is 280 g/mol. The molecule has 0 saturated heterocycles. The second kappa shape index (κ2) is 7.58. The summed E-state index contributed by atoms with van der Waals surface area (Å²) in [4.78, 5) is 4.66. The molecule has 3 heteroatoms. The van der Waals surface area contributed by atoms with Gasteiger partial charge in [-0.3, -0.25) is 4.98 Å². The van der Waals surface area contributed by atoms with Crippen LogP contribution in [0, 0.1) is 13.8 Å². The van der Waals surface area contributed by atoms with E-state index in [0.29, 0.717) is 0 Å². The van der Waals surface area contributed by atoms with Gasteiger partial charge in [-0.25, -0.2) is 0 Å². The number of nitrogens with one attached hydrogen (secondary N) is 1. The van der Waals surface area contributed by atoms with E-state index in [-0.39, 0.29) is 6.04 Å². The number of benzene rings is 1. The van der Waals surface area contributed by atoms with E-state index in [9.17, 15) is 0 Å². The summed E-state index contributed by atoms with van der Waals surface area (Å²) in [6.45, 7) is 7.39. The van der Waals surface area contributed by atoms with Crippen LogP contribution >= 0.6 is 11.6 Å². The molecule has 2 nitrogen and oxygen atoms in total. The lowest BCUT2D eigenvalue weighted by Gasteiger charge is -2.20. The van der Waals surface area contributed by atoms with Gasteiger partial charge in [0.15, 0.2) is 0 Å². The van der Waals surface area contributed by atoms with Crippen LogP contribution in [0.5, 0.6) is 0 Å². The minimum atomic E-state index is 0.242. The fraction of sp³-hybridized carbons (Fsp3) is 0.389. The van der Waals surface area contributed by atoms with Crippen LogP contribution in [0.2, 0.25) is 5.02 Å². The molecule has 0 aliphatic rings. The fourth-order valence-electron chi connectivity index (χ4n) is 2.53. The molecule has 0 spiro atoms. The van der Waals surface area contributed by atoms with E-state index in [2.05, 4.69) is 49.3 Å². The number of hydrogen-bond donors (Lipinski definition) is 1. The molecule has 1 aromatic heterocycles. The maximum Gasteiger partial charge on any atom is 0.0605 e. The fourth-order valence-corrected chi connectivity index (χ4v) is 2.66. The number of pyridine rings is 1. The van der Waals surface area contributed by atoms with E-state index in [1.807, 2.05) is 18.3 Å². The third kappa shape index (κ3) is 4.55. The molecule has 0 radical (unpaired) electrons. The van der Waals surface area contributed by atoms with Crippen LogP contribution in [0.1, 0.15) is 41.8 Å². The van der Waals surface area contributed by atoms with Gasteiger partial charge in [0, 0.05) is 11.2 Å². The summed E-state index contributed by atoms with van der Waals surface area (Å²) in [6.07, 6.45) is 3.99. The Labute approximate surface area is 132 Å². The van der Waals surface area contributed by atoms with Gasteiger partial charge in [-0.2, -0.15) is 0 Å². The van der Waals surface area contributed by atoms with Crippen LogP contribution in [0.3, 0.4) is 0 Å². The maximum absolute atomic E-state index is 5.96. The minimum Gasteiger partial charge on any atom is -0.308 e. The van der Waals surface area contributed by atoms with Crippen LogP contribution in [0.15, 0.2) is 36.5 Å². The Morgan fingerprint density at radius 3 is 2.52 bits per heavy atom. The zero-order valence-electron chi connectivity index (χ0n) is 13.0. The second-order valence-electron chi connectivity index (χ2n) is 5.55. The van der Waals surface area contributed by atoms with Crippen molar-refractivity contribution in [3.8, 4) is 0 Å². The molecule has 0 amide bonds. The zero-order chi connectivity index (χ0) is 15.2. The van der Waals surface area contributed by atoms with E-state index in [0.717, 1.165) is 30.1 Å². The maximum atomic E-state index is 5.96. The van der Waals surface area contributed by atoms with Crippen molar-refractivity contribution < 1.29 is 0 Å². The summed E-state index contributed by atoms with van der Waals surface area (Å²) >= 11 is 5.96. The van der Waals surface area contributed by atoms with Crippen molar-refractivity contribution in [1.82, 2.24) is 10.3 Å². The highest BCUT2D eigenvalue weighted by Gasteiger charge is 2.15. The van der Waals surface area contributed by atoms with Gasteiger partial charge in [-0.1, -0.05) is 36.7 Å². The quantitative estimate of drug-likeness (QED) is 0.841. The lowest BCUT2D eigenvalue weighted by Crippen LogP contribution is -2.25. The molecule has 0 aliphatic heterocycles. The molecule has 1 N–H and O–H groups in total. The van der Waals surface area contributed by atoms with Gasteiger partial charge >= 0.3 is 0 Å². The zero-order valence-corrected chi connectivity index (χ0v) is 13.7.